The molecule has 16 heavy (non-hydrogen) atoms. The average Bonchev–Trinajstić information content (AvgIpc) is 2.27. The monoisotopic (exact) mass is 230 g/mol. The molecule has 2 rings (SSSR count). The van der Waals surface area contributed by atoms with Crippen molar-refractivity contribution in [2.45, 2.75) is 32.1 Å². The Kier molecular flexibility index (Phi) is 3.55. The molecule has 1 heteroatoms. The molecule has 0 radical (unpaired) electrons. The maximum Gasteiger partial charge on any atom is 0.0119 e. The van der Waals surface area contributed by atoms with Crippen LogP contribution in [-0.2, 0) is 0 Å². The highest BCUT2D eigenvalue weighted by molar-refractivity contribution is 8.03. The van der Waals surface area contributed by atoms with Crippen molar-refractivity contribution in [3.05, 3.63) is 52.5 Å². The Bertz CT molecular complexity index is 423. The first-order valence-corrected chi connectivity index (χ1v) is 6.58. The van der Waals surface area contributed by atoms with Gasteiger partial charge >= 0.3 is 0 Å². The van der Waals surface area contributed by atoms with E-state index >= 15 is 0 Å². The van der Waals surface area contributed by atoms with Crippen LogP contribution < -0.4 is 0 Å². The van der Waals surface area contributed by atoms with E-state index in [0.29, 0.717) is 5.92 Å². The zero-order valence-corrected chi connectivity index (χ0v) is 11.0. The second kappa shape index (κ2) is 4.92. The van der Waals surface area contributed by atoms with Crippen molar-refractivity contribution in [3.8, 4) is 0 Å². The lowest BCUT2D eigenvalue weighted by atomic mass is 9.95. The van der Waals surface area contributed by atoms with E-state index in [1.807, 2.05) is 11.8 Å². The summed E-state index contributed by atoms with van der Waals surface area (Å²) in [5.74, 6) is 0.693. The minimum Gasteiger partial charge on any atom is -0.0945 e. The summed E-state index contributed by atoms with van der Waals surface area (Å²) < 4.78 is 0. The third-order valence-electron chi connectivity index (χ3n) is 3.09. The van der Waals surface area contributed by atoms with Gasteiger partial charge in [-0.1, -0.05) is 54.1 Å². The van der Waals surface area contributed by atoms with E-state index in [-0.39, 0.29) is 0 Å². The van der Waals surface area contributed by atoms with Crippen LogP contribution in [0.25, 0.3) is 0 Å². The number of hydrogen-bond donors (Lipinski definition) is 0. The molecule has 0 saturated carbocycles. The van der Waals surface area contributed by atoms with E-state index in [4.69, 9.17) is 0 Å². The maximum atomic E-state index is 2.30. The molecule has 0 fully saturated rings. The molecular formula is C15H18S. The van der Waals surface area contributed by atoms with Gasteiger partial charge in [0.05, 0.1) is 0 Å². The van der Waals surface area contributed by atoms with Gasteiger partial charge in [-0.05, 0) is 43.2 Å². The van der Waals surface area contributed by atoms with Gasteiger partial charge in [0, 0.05) is 4.90 Å². The first-order chi connectivity index (χ1) is 7.65. The lowest BCUT2D eigenvalue weighted by molar-refractivity contribution is 0.681. The van der Waals surface area contributed by atoms with Crippen LogP contribution in [0.2, 0.25) is 0 Å². The van der Waals surface area contributed by atoms with Crippen molar-refractivity contribution >= 4 is 11.8 Å². The standard InChI is InChI=1S/C15H18S/c1-11-4-7-14(8-5-11)16-15-9-6-12(2)13(3)10-15/h4-9,13H,10H2,1-3H3. The van der Waals surface area contributed by atoms with Crippen molar-refractivity contribution in [2.75, 3.05) is 0 Å². The normalized spacial score (nSPS) is 20.3. The first kappa shape index (κ1) is 11.5. The molecule has 1 aromatic rings. The predicted octanol–water partition coefficient (Wildman–Crippen LogP) is 4.96. The molecule has 0 N–H and O–H groups in total. The van der Waals surface area contributed by atoms with Crippen molar-refractivity contribution < 1.29 is 0 Å². The molecule has 1 unspecified atom stereocenters. The second-order valence-corrected chi connectivity index (χ2v) is 5.76. The van der Waals surface area contributed by atoms with Crippen LogP contribution in [0.5, 0.6) is 0 Å². The van der Waals surface area contributed by atoms with Crippen LogP contribution in [0.4, 0.5) is 0 Å². The Hall–Kier alpha value is -0.950. The Balaban J connectivity index is 2.08. The highest BCUT2D eigenvalue weighted by Crippen LogP contribution is 2.35. The van der Waals surface area contributed by atoms with E-state index in [1.54, 1.807) is 0 Å². The highest BCUT2D eigenvalue weighted by atomic mass is 32.2. The average molecular weight is 230 g/mol. The molecule has 0 aliphatic heterocycles. The van der Waals surface area contributed by atoms with E-state index in [0.717, 1.165) is 0 Å². The summed E-state index contributed by atoms with van der Waals surface area (Å²) in [6.45, 7) is 6.64. The Morgan fingerprint density at radius 1 is 1.06 bits per heavy atom. The number of benzene rings is 1. The second-order valence-electron chi connectivity index (χ2n) is 4.56. The molecule has 0 saturated heterocycles. The van der Waals surface area contributed by atoms with Gasteiger partial charge in [0.15, 0.2) is 0 Å². The number of hydrogen-bond acceptors (Lipinski definition) is 1. The quantitative estimate of drug-likeness (QED) is 0.692. The smallest absolute Gasteiger partial charge is 0.0119 e. The highest BCUT2D eigenvalue weighted by Gasteiger charge is 2.12. The van der Waals surface area contributed by atoms with Crippen molar-refractivity contribution in [2.24, 2.45) is 5.92 Å². The van der Waals surface area contributed by atoms with Crippen molar-refractivity contribution in [3.63, 3.8) is 0 Å². The van der Waals surface area contributed by atoms with E-state index in [1.165, 1.54) is 27.4 Å². The summed E-state index contributed by atoms with van der Waals surface area (Å²) >= 11 is 1.90. The topological polar surface area (TPSA) is 0 Å². The SMILES string of the molecule is CC1=CC=C(Sc2ccc(C)cc2)CC1C. The number of allylic oxidation sites excluding steroid dienone is 4. The summed E-state index contributed by atoms with van der Waals surface area (Å²) in [6, 6.07) is 8.76. The molecule has 1 aliphatic carbocycles. The van der Waals surface area contributed by atoms with Gasteiger partial charge in [-0.3, -0.25) is 0 Å². The number of thioether (sulfide) groups is 1. The molecule has 0 amide bonds. The zero-order chi connectivity index (χ0) is 11.5. The minimum atomic E-state index is 0.693. The molecule has 0 nitrogen and oxygen atoms in total. The van der Waals surface area contributed by atoms with Crippen LogP contribution in [0.3, 0.4) is 0 Å². The van der Waals surface area contributed by atoms with Crippen molar-refractivity contribution in [1.29, 1.82) is 0 Å². The van der Waals surface area contributed by atoms with Crippen molar-refractivity contribution in [1.82, 2.24) is 0 Å². The molecular weight excluding hydrogens is 212 g/mol. The Morgan fingerprint density at radius 3 is 2.38 bits per heavy atom. The molecule has 0 aromatic heterocycles. The van der Waals surface area contributed by atoms with Gasteiger partial charge in [0.2, 0.25) is 0 Å². The van der Waals surface area contributed by atoms with Gasteiger partial charge < -0.3 is 0 Å². The fourth-order valence-electron chi connectivity index (χ4n) is 1.75. The zero-order valence-electron chi connectivity index (χ0n) is 10.2. The van der Waals surface area contributed by atoms with Gasteiger partial charge in [0.25, 0.3) is 0 Å². The summed E-state index contributed by atoms with van der Waals surface area (Å²) in [5, 5.41) is 0. The summed E-state index contributed by atoms with van der Waals surface area (Å²) in [7, 11) is 0. The molecule has 0 bridgehead atoms. The predicted molar refractivity (Wildman–Crippen MR) is 72.7 cm³/mol. The largest absolute Gasteiger partial charge is 0.0945 e. The maximum absolute atomic E-state index is 2.30. The molecule has 84 valence electrons. The lowest BCUT2D eigenvalue weighted by Crippen LogP contribution is -2.00. The Labute approximate surface area is 102 Å². The van der Waals surface area contributed by atoms with Crippen LogP contribution in [0.1, 0.15) is 25.8 Å². The Morgan fingerprint density at radius 2 is 1.75 bits per heavy atom. The third kappa shape index (κ3) is 2.79. The molecule has 0 spiro atoms. The number of aryl methyl sites for hydroxylation is 1. The van der Waals surface area contributed by atoms with E-state index in [9.17, 15) is 0 Å². The van der Waals surface area contributed by atoms with Crippen LogP contribution in [0.15, 0.2) is 51.8 Å². The van der Waals surface area contributed by atoms with Gasteiger partial charge in [0.1, 0.15) is 0 Å². The molecule has 1 aliphatic rings. The molecule has 1 atom stereocenters. The number of rotatable bonds is 2. The lowest BCUT2D eigenvalue weighted by Gasteiger charge is -2.18. The van der Waals surface area contributed by atoms with Gasteiger partial charge in [-0.25, -0.2) is 0 Å². The summed E-state index contributed by atoms with van der Waals surface area (Å²) in [6.07, 6.45) is 5.70. The fourth-order valence-corrected chi connectivity index (χ4v) is 2.80. The molecule has 1 aromatic carbocycles. The van der Waals surface area contributed by atoms with Gasteiger partial charge in [-0.15, -0.1) is 0 Å². The van der Waals surface area contributed by atoms with E-state index in [2.05, 4.69) is 57.2 Å². The third-order valence-corrected chi connectivity index (χ3v) is 4.16. The minimum absolute atomic E-state index is 0.693. The fraction of sp³-hybridized carbons (Fsp3) is 0.333. The van der Waals surface area contributed by atoms with Crippen LogP contribution in [0, 0.1) is 12.8 Å². The van der Waals surface area contributed by atoms with Crippen LogP contribution >= 0.6 is 11.8 Å². The van der Waals surface area contributed by atoms with Gasteiger partial charge in [-0.2, -0.15) is 0 Å². The van der Waals surface area contributed by atoms with E-state index < -0.39 is 0 Å². The summed E-state index contributed by atoms with van der Waals surface area (Å²) in [4.78, 5) is 2.82. The summed E-state index contributed by atoms with van der Waals surface area (Å²) in [5.41, 5.74) is 2.82. The first-order valence-electron chi connectivity index (χ1n) is 5.77. The molecule has 0 heterocycles. The van der Waals surface area contributed by atoms with Crippen LogP contribution in [-0.4, -0.2) is 0 Å².